The Morgan fingerprint density at radius 2 is 1.74 bits per heavy atom. The summed E-state index contributed by atoms with van der Waals surface area (Å²) in [6, 6.07) is 17.1. The fourth-order valence-electron chi connectivity index (χ4n) is 6.33. The molecule has 1 fully saturated rings. The van der Waals surface area contributed by atoms with Crippen LogP contribution in [0.3, 0.4) is 0 Å². The minimum Gasteiger partial charge on any atom is -0.481 e. The Labute approximate surface area is 316 Å². The number of pyridine rings is 1. The van der Waals surface area contributed by atoms with E-state index in [9.17, 15) is 19.5 Å². The van der Waals surface area contributed by atoms with Crippen molar-refractivity contribution in [1.29, 1.82) is 0 Å². The number of nitrogens with zero attached hydrogens (tertiary/aromatic N) is 5. The number of hydrogen-bond donors (Lipinski definition) is 4. The Bertz CT molecular complexity index is 2220. The molecule has 0 bridgehead atoms. The summed E-state index contributed by atoms with van der Waals surface area (Å²) in [7, 11) is 6.49. The van der Waals surface area contributed by atoms with Gasteiger partial charge in [-0.15, -0.1) is 0 Å². The second-order valence-electron chi connectivity index (χ2n) is 13.2. The maximum Gasteiger partial charge on any atom is 0.277 e. The minimum atomic E-state index is -0.876. The lowest BCUT2D eigenvalue weighted by Gasteiger charge is -2.15. The number of amides is 2. The highest BCUT2D eigenvalue weighted by Gasteiger charge is 2.22. The predicted molar refractivity (Wildman–Crippen MR) is 205 cm³/mol. The summed E-state index contributed by atoms with van der Waals surface area (Å²) in [6.07, 6.45) is 2.24. The highest BCUT2D eigenvalue weighted by molar-refractivity contribution is 6.39. The van der Waals surface area contributed by atoms with Gasteiger partial charge in [0.05, 0.1) is 41.9 Å². The Morgan fingerprint density at radius 3 is 2.42 bits per heavy atom. The molecule has 2 amide bonds. The van der Waals surface area contributed by atoms with Crippen molar-refractivity contribution in [2.75, 3.05) is 34.3 Å². The first-order valence-electron chi connectivity index (χ1n) is 17.2. The Hall–Kier alpha value is -4.79. The lowest BCUT2D eigenvalue weighted by molar-refractivity contribution is -0.130. The molecule has 1 saturated heterocycles. The number of aliphatic hydroxyl groups is 1. The van der Waals surface area contributed by atoms with Gasteiger partial charge < -0.3 is 30.7 Å². The first-order chi connectivity index (χ1) is 25.4. The SMILES string of the molecule is COc1nc(-c2cccc(-c3cccc(-c4cc5c(=O)n(C)c(CNCC(O)CC(=O)N(C)C)nn5c4)c3Cl)c2Cl)ccc1CNC[C@H]1CCC(=O)N1. The molecule has 3 aromatic heterocycles. The summed E-state index contributed by atoms with van der Waals surface area (Å²) in [5.74, 6) is 0.832. The number of hydrogen-bond acceptors (Lipinski definition) is 9. The Morgan fingerprint density at radius 1 is 1.04 bits per heavy atom. The third-order valence-electron chi connectivity index (χ3n) is 9.30. The number of rotatable bonds is 14. The second-order valence-corrected chi connectivity index (χ2v) is 14.0. The predicted octanol–water partition coefficient (Wildman–Crippen LogP) is 4.04. The average molecular weight is 762 g/mol. The molecule has 278 valence electrons. The van der Waals surface area contributed by atoms with Crippen LogP contribution in [0.1, 0.15) is 30.7 Å². The first-order valence-corrected chi connectivity index (χ1v) is 18.0. The first kappa shape index (κ1) is 38.0. The summed E-state index contributed by atoms with van der Waals surface area (Å²) in [6.45, 7) is 1.55. The minimum absolute atomic E-state index is 0.0108. The van der Waals surface area contributed by atoms with Gasteiger partial charge in [-0.25, -0.2) is 9.50 Å². The molecule has 1 aliphatic rings. The highest BCUT2D eigenvalue weighted by atomic mass is 35.5. The number of fused-ring (bicyclic) bond motifs is 1. The van der Waals surface area contributed by atoms with Gasteiger partial charge in [0.15, 0.2) is 0 Å². The van der Waals surface area contributed by atoms with Gasteiger partial charge in [0.25, 0.3) is 5.56 Å². The van der Waals surface area contributed by atoms with Gasteiger partial charge in [-0.05, 0) is 18.6 Å². The number of methoxy groups -OCH3 is 1. The zero-order chi connectivity index (χ0) is 37.8. The molecule has 5 aromatic rings. The molecular formula is C38H42Cl2N8O5. The van der Waals surface area contributed by atoms with Crippen molar-refractivity contribution in [3.05, 3.63) is 92.6 Å². The average Bonchev–Trinajstić information content (AvgIpc) is 3.76. The van der Waals surface area contributed by atoms with Crippen molar-refractivity contribution < 1.29 is 19.4 Å². The van der Waals surface area contributed by atoms with E-state index in [2.05, 4.69) is 21.0 Å². The van der Waals surface area contributed by atoms with Crippen molar-refractivity contribution >= 4 is 40.5 Å². The summed E-state index contributed by atoms with van der Waals surface area (Å²) in [5, 5.41) is 25.2. The molecule has 0 spiro atoms. The molecule has 2 aromatic carbocycles. The molecular weight excluding hydrogens is 719 g/mol. The fourth-order valence-corrected chi connectivity index (χ4v) is 6.99. The summed E-state index contributed by atoms with van der Waals surface area (Å²) in [4.78, 5) is 43.0. The number of aliphatic hydroxyl groups excluding tert-OH is 1. The van der Waals surface area contributed by atoms with E-state index in [1.54, 1.807) is 40.5 Å². The maximum absolute atomic E-state index is 13.4. The largest absolute Gasteiger partial charge is 0.481 e. The standard InChI is InChI=1S/C38H42Cl2N8O5/c1-46(2)34(51)16-25(49)19-42-20-32-45-48-21-23(15-31(48)38(52)47(32)3)26-7-5-8-27(35(26)39)28-9-6-10-29(36(28)40)30-13-11-22(37(44-30)53-4)17-41-18-24-12-14-33(50)43-24/h5-11,13,15,21,24-25,41-42,49H,12,14,16-20H2,1-4H3,(H,43,50)/t24-,25?/m1/s1. The van der Waals surface area contributed by atoms with Crippen LogP contribution in [0.15, 0.2) is 65.6 Å². The monoisotopic (exact) mass is 760 g/mol. The number of carbonyl (C=O) groups is 2. The zero-order valence-corrected chi connectivity index (χ0v) is 31.5. The molecule has 0 saturated carbocycles. The lowest BCUT2D eigenvalue weighted by atomic mass is 9.97. The van der Waals surface area contributed by atoms with Gasteiger partial charge in [0, 0.05) is 92.8 Å². The Balaban J connectivity index is 1.22. The summed E-state index contributed by atoms with van der Waals surface area (Å²) >= 11 is 14.2. The van der Waals surface area contributed by atoms with Crippen LogP contribution in [0.4, 0.5) is 0 Å². The topological polar surface area (TPSA) is 155 Å². The molecule has 4 heterocycles. The van der Waals surface area contributed by atoms with Crippen molar-refractivity contribution in [3.8, 4) is 39.4 Å². The number of ether oxygens (including phenoxy) is 1. The molecule has 0 aliphatic carbocycles. The van der Waals surface area contributed by atoms with E-state index in [4.69, 9.17) is 32.9 Å². The van der Waals surface area contributed by atoms with E-state index >= 15 is 0 Å². The van der Waals surface area contributed by atoms with E-state index in [0.717, 1.165) is 12.0 Å². The van der Waals surface area contributed by atoms with E-state index in [0.29, 0.717) is 80.3 Å². The second kappa shape index (κ2) is 16.5. The quantitative estimate of drug-likeness (QED) is 0.131. The van der Waals surface area contributed by atoms with Gasteiger partial charge >= 0.3 is 0 Å². The lowest BCUT2D eigenvalue weighted by Crippen LogP contribution is -2.35. The molecule has 53 heavy (non-hydrogen) atoms. The van der Waals surface area contributed by atoms with Gasteiger partial charge in [0.1, 0.15) is 11.3 Å². The molecule has 4 N–H and O–H groups in total. The molecule has 15 heteroatoms. The van der Waals surface area contributed by atoms with Gasteiger partial charge in [0.2, 0.25) is 17.7 Å². The molecule has 0 radical (unpaired) electrons. The third kappa shape index (κ3) is 8.40. The highest BCUT2D eigenvalue weighted by Crippen LogP contribution is 2.42. The smallest absolute Gasteiger partial charge is 0.277 e. The van der Waals surface area contributed by atoms with Crippen LogP contribution < -0.4 is 26.2 Å². The van der Waals surface area contributed by atoms with Gasteiger partial charge in [-0.3, -0.25) is 19.0 Å². The molecule has 2 atom stereocenters. The zero-order valence-electron chi connectivity index (χ0n) is 30.0. The van der Waals surface area contributed by atoms with Crippen molar-refractivity contribution in [1.82, 2.24) is 40.0 Å². The van der Waals surface area contributed by atoms with Crippen LogP contribution in [0.25, 0.3) is 39.0 Å². The number of nitrogens with one attached hydrogen (secondary N) is 3. The van der Waals surface area contributed by atoms with Crippen LogP contribution in [-0.4, -0.2) is 87.4 Å². The van der Waals surface area contributed by atoms with Crippen molar-refractivity contribution in [2.24, 2.45) is 7.05 Å². The number of halogens is 2. The van der Waals surface area contributed by atoms with Crippen molar-refractivity contribution in [3.63, 3.8) is 0 Å². The van der Waals surface area contributed by atoms with E-state index in [1.165, 1.54) is 14.0 Å². The van der Waals surface area contributed by atoms with Gasteiger partial charge in [-0.1, -0.05) is 65.7 Å². The fraction of sp³-hybridized carbons (Fsp3) is 0.342. The van der Waals surface area contributed by atoms with E-state index < -0.39 is 6.10 Å². The number of aromatic nitrogens is 4. The number of carbonyl (C=O) groups excluding carboxylic acids is 2. The summed E-state index contributed by atoms with van der Waals surface area (Å²) in [5.41, 5.74) is 5.14. The van der Waals surface area contributed by atoms with Gasteiger partial charge in [-0.2, -0.15) is 5.10 Å². The van der Waals surface area contributed by atoms with Crippen molar-refractivity contribution in [2.45, 2.75) is 44.5 Å². The van der Waals surface area contributed by atoms with E-state index in [-0.39, 0.29) is 42.9 Å². The van der Waals surface area contributed by atoms with Crippen LogP contribution >= 0.6 is 23.2 Å². The molecule has 6 rings (SSSR count). The van der Waals surface area contributed by atoms with Crippen LogP contribution in [0, 0.1) is 0 Å². The van der Waals surface area contributed by atoms with E-state index in [1.807, 2.05) is 48.5 Å². The number of benzene rings is 2. The Kier molecular flexibility index (Phi) is 11.8. The third-order valence-corrected chi connectivity index (χ3v) is 10.1. The molecule has 1 aliphatic heterocycles. The van der Waals surface area contributed by atoms with Crippen LogP contribution in [-0.2, 0) is 29.7 Å². The molecule has 13 nitrogen and oxygen atoms in total. The van der Waals surface area contributed by atoms with Crippen LogP contribution in [0.5, 0.6) is 5.88 Å². The maximum atomic E-state index is 13.4. The molecule has 1 unspecified atom stereocenters. The van der Waals surface area contributed by atoms with Crippen LogP contribution in [0.2, 0.25) is 10.0 Å². The normalized spacial score (nSPS) is 14.8. The summed E-state index contributed by atoms with van der Waals surface area (Å²) < 4.78 is 8.62.